The van der Waals surface area contributed by atoms with Crippen molar-refractivity contribution < 1.29 is 24.6 Å². The summed E-state index contributed by atoms with van der Waals surface area (Å²) in [6.45, 7) is 22.4. The number of carbonyl (C=O) groups excluding carboxylic acids is 3. The summed E-state index contributed by atoms with van der Waals surface area (Å²) in [6.07, 6.45) is 10.6. The molecule has 0 amide bonds. The van der Waals surface area contributed by atoms with Gasteiger partial charge in [-0.2, -0.15) is 0 Å². The topological polar surface area (TPSA) is 91.7 Å². The number of allylic oxidation sites excluding steroid dienone is 9. The Morgan fingerprint density at radius 3 is 2.09 bits per heavy atom. The molecule has 2 aliphatic rings. The molecular formula is C38H50O5. The normalized spacial score (nSPS) is 24.9. The minimum Gasteiger partial charge on any atom is -0.504 e. The molecule has 5 nitrogen and oxygen atoms in total. The molecule has 232 valence electrons. The zero-order valence-electron chi connectivity index (χ0n) is 27.6. The minimum absolute atomic E-state index is 0.00876. The Kier molecular flexibility index (Phi) is 10.0. The predicted molar refractivity (Wildman–Crippen MR) is 174 cm³/mol. The number of benzene rings is 1. The first-order valence-corrected chi connectivity index (χ1v) is 15.3. The van der Waals surface area contributed by atoms with Gasteiger partial charge in [-0.15, -0.1) is 0 Å². The molecule has 0 saturated heterocycles. The third-order valence-electron chi connectivity index (χ3n) is 9.85. The molecule has 0 aromatic heterocycles. The monoisotopic (exact) mass is 586 g/mol. The third-order valence-corrected chi connectivity index (χ3v) is 9.85. The highest BCUT2D eigenvalue weighted by atomic mass is 16.3. The van der Waals surface area contributed by atoms with Crippen LogP contribution in [0.5, 0.6) is 11.5 Å². The Hall–Kier alpha value is -3.47. The van der Waals surface area contributed by atoms with E-state index in [2.05, 4.69) is 32.6 Å². The highest BCUT2D eigenvalue weighted by Gasteiger charge is 2.69. The average molecular weight is 587 g/mol. The second-order valence-electron chi connectivity index (χ2n) is 14.2. The van der Waals surface area contributed by atoms with Crippen molar-refractivity contribution in [2.45, 2.75) is 94.4 Å². The number of carbonyl (C=O) groups is 3. The molecule has 0 unspecified atom stereocenters. The van der Waals surface area contributed by atoms with Gasteiger partial charge in [0, 0.05) is 11.0 Å². The molecule has 0 heterocycles. The highest BCUT2D eigenvalue weighted by Crippen LogP contribution is 2.65. The van der Waals surface area contributed by atoms with Gasteiger partial charge in [0.25, 0.3) is 0 Å². The van der Waals surface area contributed by atoms with Gasteiger partial charge in [-0.3, -0.25) is 14.4 Å². The maximum absolute atomic E-state index is 15.1. The van der Waals surface area contributed by atoms with E-state index in [0.29, 0.717) is 19.3 Å². The quantitative estimate of drug-likeness (QED) is 0.0887. The Balaban J connectivity index is 2.39. The van der Waals surface area contributed by atoms with Gasteiger partial charge in [-0.25, -0.2) is 0 Å². The lowest BCUT2D eigenvalue weighted by Gasteiger charge is -2.60. The summed E-state index contributed by atoms with van der Waals surface area (Å²) in [5.41, 5.74) is 1.14. The summed E-state index contributed by atoms with van der Waals surface area (Å²) in [5, 5.41) is 20.1. The van der Waals surface area contributed by atoms with E-state index in [9.17, 15) is 19.8 Å². The van der Waals surface area contributed by atoms with Crippen LogP contribution in [0.15, 0.2) is 76.9 Å². The first kappa shape index (κ1) is 34.0. The average Bonchev–Trinajstić information content (AvgIpc) is 2.90. The number of aromatic hydroxyl groups is 2. The molecule has 1 saturated carbocycles. The second kappa shape index (κ2) is 12.6. The summed E-state index contributed by atoms with van der Waals surface area (Å²) >= 11 is 0. The Bertz CT molecular complexity index is 1440. The SMILES string of the molecule is C=C(C)[C@H](CC=C(C)C)C[C@@]12C=C(C(=O)c3ccc(O)c(O)c3)C(=O)[C@@](CC=C(C)C)(C1=O)C(C)(C)[C@@H](CC=C(C)C)C2. The van der Waals surface area contributed by atoms with Crippen LogP contribution in [0.3, 0.4) is 0 Å². The number of rotatable bonds is 11. The van der Waals surface area contributed by atoms with Crippen molar-refractivity contribution in [1.82, 2.24) is 0 Å². The fourth-order valence-electron chi connectivity index (χ4n) is 7.01. The number of ketones is 3. The third kappa shape index (κ3) is 6.41. The van der Waals surface area contributed by atoms with Gasteiger partial charge in [0.2, 0.25) is 0 Å². The molecule has 0 radical (unpaired) electrons. The summed E-state index contributed by atoms with van der Waals surface area (Å²) in [6, 6.07) is 3.83. The van der Waals surface area contributed by atoms with Crippen LogP contribution >= 0.6 is 0 Å². The fraction of sp³-hybridized carbons (Fsp3) is 0.500. The van der Waals surface area contributed by atoms with Crippen LogP contribution in [0.1, 0.15) is 105 Å². The van der Waals surface area contributed by atoms with E-state index < -0.39 is 33.6 Å². The molecule has 2 aliphatic carbocycles. The lowest BCUT2D eigenvalue weighted by Crippen LogP contribution is -2.66. The molecular weight excluding hydrogens is 536 g/mol. The van der Waals surface area contributed by atoms with E-state index in [-0.39, 0.29) is 40.9 Å². The van der Waals surface area contributed by atoms with Crippen LogP contribution in [-0.2, 0) is 9.59 Å². The van der Waals surface area contributed by atoms with Crippen molar-refractivity contribution in [3.05, 3.63) is 82.5 Å². The van der Waals surface area contributed by atoms with Crippen LogP contribution in [0.4, 0.5) is 0 Å². The zero-order valence-corrected chi connectivity index (χ0v) is 27.6. The maximum atomic E-state index is 15.1. The van der Waals surface area contributed by atoms with E-state index in [1.165, 1.54) is 29.3 Å². The smallest absolute Gasteiger partial charge is 0.196 e. The van der Waals surface area contributed by atoms with Crippen LogP contribution in [0.2, 0.25) is 0 Å². The molecule has 2 bridgehead atoms. The lowest BCUT2D eigenvalue weighted by atomic mass is 9.40. The van der Waals surface area contributed by atoms with E-state index in [1.807, 2.05) is 54.5 Å². The summed E-state index contributed by atoms with van der Waals surface area (Å²) in [7, 11) is 0. The molecule has 4 atom stereocenters. The van der Waals surface area contributed by atoms with Crippen molar-refractivity contribution in [2.75, 3.05) is 0 Å². The molecule has 3 rings (SSSR count). The first-order chi connectivity index (χ1) is 19.9. The molecule has 5 heteroatoms. The second-order valence-corrected chi connectivity index (χ2v) is 14.2. The molecule has 1 fully saturated rings. The summed E-state index contributed by atoms with van der Waals surface area (Å²) in [5.74, 6) is -1.91. The van der Waals surface area contributed by atoms with Crippen molar-refractivity contribution in [3.8, 4) is 11.5 Å². The Morgan fingerprint density at radius 2 is 1.56 bits per heavy atom. The van der Waals surface area contributed by atoms with Crippen LogP contribution in [0, 0.1) is 28.1 Å². The highest BCUT2D eigenvalue weighted by molar-refractivity contribution is 6.34. The van der Waals surface area contributed by atoms with Gasteiger partial charge >= 0.3 is 0 Å². The van der Waals surface area contributed by atoms with Crippen LogP contribution in [-0.4, -0.2) is 27.6 Å². The number of hydrogen-bond donors (Lipinski definition) is 2. The van der Waals surface area contributed by atoms with Crippen LogP contribution < -0.4 is 0 Å². The Morgan fingerprint density at radius 1 is 0.953 bits per heavy atom. The van der Waals surface area contributed by atoms with Gasteiger partial charge < -0.3 is 10.2 Å². The van der Waals surface area contributed by atoms with Gasteiger partial charge in [0.05, 0.1) is 5.57 Å². The van der Waals surface area contributed by atoms with Crippen LogP contribution in [0.25, 0.3) is 0 Å². The van der Waals surface area contributed by atoms with Crippen molar-refractivity contribution >= 4 is 17.3 Å². The number of phenolic OH excluding ortho intramolecular Hbond substituents is 2. The largest absolute Gasteiger partial charge is 0.504 e. The number of Topliss-reactive ketones (excluding diaryl/α,β-unsaturated/α-hetero) is 3. The zero-order chi connectivity index (χ0) is 32.5. The predicted octanol–water partition coefficient (Wildman–Crippen LogP) is 9.03. The van der Waals surface area contributed by atoms with E-state index in [4.69, 9.17) is 0 Å². The minimum atomic E-state index is -1.45. The van der Waals surface area contributed by atoms with E-state index >= 15 is 4.79 Å². The number of fused-ring (bicyclic) bond motifs is 2. The van der Waals surface area contributed by atoms with E-state index in [1.54, 1.807) is 6.08 Å². The maximum Gasteiger partial charge on any atom is 0.196 e. The number of hydrogen-bond acceptors (Lipinski definition) is 5. The Labute approximate surface area is 258 Å². The summed E-state index contributed by atoms with van der Waals surface area (Å²) in [4.78, 5) is 44.1. The lowest BCUT2D eigenvalue weighted by molar-refractivity contribution is -0.168. The molecule has 1 aromatic carbocycles. The van der Waals surface area contributed by atoms with Crippen molar-refractivity contribution in [1.29, 1.82) is 0 Å². The van der Waals surface area contributed by atoms with Crippen molar-refractivity contribution in [3.63, 3.8) is 0 Å². The molecule has 0 spiro atoms. The van der Waals surface area contributed by atoms with Gasteiger partial charge in [-0.05, 0) is 116 Å². The number of phenols is 2. The standard InChI is InChI=1S/C38H50O5/c1-23(2)11-13-28(26(7)8)20-37-21-29(15-12-24(3)4)36(9,10)38(35(37)43,18-17-25(5)6)34(42)30(22-37)33(41)27-14-16-31(39)32(40)19-27/h11-12,14,16-17,19,22,28-29,39-40H,7,13,15,18,20-21H2,1-6,8-10H3/t28-,29+,37-,38+/m1/s1. The van der Waals surface area contributed by atoms with Crippen molar-refractivity contribution in [2.24, 2.45) is 28.1 Å². The van der Waals surface area contributed by atoms with Gasteiger partial charge in [0.15, 0.2) is 28.8 Å². The molecule has 1 aromatic rings. The molecule has 2 N–H and O–H groups in total. The van der Waals surface area contributed by atoms with Gasteiger partial charge in [0.1, 0.15) is 5.41 Å². The molecule has 43 heavy (non-hydrogen) atoms. The molecule has 0 aliphatic heterocycles. The first-order valence-electron chi connectivity index (χ1n) is 15.3. The fourth-order valence-corrected chi connectivity index (χ4v) is 7.01. The summed E-state index contributed by atoms with van der Waals surface area (Å²) < 4.78 is 0. The van der Waals surface area contributed by atoms with E-state index in [0.717, 1.165) is 17.6 Å². The van der Waals surface area contributed by atoms with Gasteiger partial charge in [-0.1, -0.05) is 67.0 Å².